The first-order valence-electron chi connectivity index (χ1n) is 7.41. The molecule has 0 aliphatic heterocycles. The maximum absolute atomic E-state index is 12.3. The monoisotopic (exact) mass is 368 g/mol. The second-order valence-electron chi connectivity index (χ2n) is 5.55. The fourth-order valence-corrected chi connectivity index (χ4v) is 3.51. The van der Waals surface area contributed by atoms with Crippen molar-refractivity contribution in [3.05, 3.63) is 60.5 Å². The second kappa shape index (κ2) is 6.42. The van der Waals surface area contributed by atoms with Crippen molar-refractivity contribution in [3.63, 3.8) is 0 Å². The van der Waals surface area contributed by atoms with E-state index in [0.29, 0.717) is 15.8 Å². The smallest absolute Gasteiger partial charge is 0.311 e. The highest BCUT2D eigenvalue weighted by atomic mass is 32.1. The molecule has 0 saturated heterocycles. The molecule has 2 N–H and O–H groups in total. The molecule has 0 bridgehead atoms. The van der Waals surface area contributed by atoms with Gasteiger partial charge in [0.25, 0.3) is 5.56 Å². The van der Waals surface area contributed by atoms with E-state index < -0.39 is 16.4 Å². The van der Waals surface area contributed by atoms with Crippen LogP contribution in [-0.4, -0.2) is 20.0 Å². The van der Waals surface area contributed by atoms with Crippen molar-refractivity contribution in [2.75, 3.05) is 0 Å². The number of H-pyrrole nitrogens is 1. The summed E-state index contributed by atoms with van der Waals surface area (Å²) in [5.74, 6) is -0.384. The number of phenols is 1. The number of nitro benzene ring substituents is 1. The van der Waals surface area contributed by atoms with Gasteiger partial charge in [-0.2, -0.15) is 5.26 Å². The number of nitrogens with zero attached hydrogens (tertiary/aromatic N) is 3. The van der Waals surface area contributed by atoms with Crippen molar-refractivity contribution in [1.29, 1.82) is 5.26 Å². The quantitative estimate of drug-likeness (QED) is 0.414. The fraction of sp³-hybridized carbons (Fsp3) is 0.118. The van der Waals surface area contributed by atoms with Crippen LogP contribution in [0.5, 0.6) is 5.75 Å². The van der Waals surface area contributed by atoms with Gasteiger partial charge in [0.1, 0.15) is 10.9 Å². The molecule has 2 heterocycles. The number of allylic oxidation sites excluding steroid dienone is 1. The van der Waals surface area contributed by atoms with Gasteiger partial charge < -0.3 is 10.1 Å². The number of hydrogen-bond donors (Lipinski definition) is 2. The lowest BCUT2D eigenvalue weighted by Gasteiger charge is -2.01. The predicted octanol–water partition coefficient (Wildman–Crippen LogP) is 3.28. The molecule has 1 aromatic carbocycles. The van der Waals surface area contributed by atoms with E-state index in [1.807, 2.05) is 19.9 Å². The molecule has 3 rings (SSSR count). The summed E-state index contributed by atoms with van der Waals surface area (Å²) < 4.78 is 0. The number of aromatic hydroxyl groups is 1. The Labute approximate surface area is 150 Å². The molecule has 0 atom stereocenters. The number of aromatic amines is 1. The number of benzene rings is 1. The summed E-state index contributed by atoms with van der Waals surface area (Å²) >= 11 is 1.36. The molecular formula is C17H12N4O4S. The summed E-state index contributed by atoms with van der Waals surface area (Å²) in [6, 6.07) is 5.68. The number of hydrogen-bond acceptors (Lipinski definition) is 7. The summed E-state index contributed by atoms with van der Waals surface area (Å²) in [5, 5.41) is 30.4. The van der Waals surface area contributed by atoms with Crippen LogP contribution < -0.4 is 5.56 Å². The number of fused-ring (bicyclic) bond motifs is 1. The molecule has 2 aromatic heterocycles. The van der Waals surface area contributed by atoms with Crippen LogP contribution in [0.15, 0.2) is 23.0 Å². The van der Waals surface area contributed by atoms with Crippen LogP contribution in [-0.2, 0) is 0 Å². The third kappa shape index (κ3) is 2.94. The van der Waals surface area contributed by atoms with Gasteiger partial charge in [0.2, 0.25) is 0 Å². The Morgan fingerprint density at radius 3 is 2.85 bits per heavy atom. The first-order valence-corrected chi connectivity index (χ1v) is 8.23. The number of nitro groups is 1. The van der Waals surface area contributed by atoms with Gasteiger partial charge in [-0.1, -0.05) is 6.07 Å². The van der Waals surface area contributed by atoms with E-state index in [9.17, 15) is 25.3 Å². The lowest BCUT2D eigenvalue weighted by molar-refractivity contribution is -0.385. The average molecular weight is 368 g/mol. The fourth-order valence-electron chi connectivity index (χ4n) is 2.48. The molecule has 3 aromatic rings. The molecule has 0 amide bonds. The SMILES string of the molecule is Cc1sc2nc(/C(C#N)=C/c3ccc(O)c([N+](=O)[O-])c3)[nH]c(=O)c2c1C. The number of phenolic OH excluding ortho intramolecular Hbond substituents is 1. The van der Waals surface area contributed by atoms with Crippen molar-refractivity contribution in [2.45, 2.75) is 13.8 Å². The van der Waals surface area contributed by atoms with E-state index in [-0.39, 0.29) is 17.0 Å². The summed E-state index contributed by atoms with van der Waals surface area (Å²) in [5.41, 5.74) is 0.407. The molecule has 0 unspecified atom stereocenters. The number of nitriles is 1. The van der Waals surface area contributed by atoms with Crippen LogP contribution in [0.25, 0.3) is 21.9 Å². The molecule has 0 fully saturated rings. The maximum Gasteiger partial charge on any atom is 0.311 e. The van der Waals surface area contributed by atoms with Crippen LogP contribution in [0.3, 0.4) is 0 Å². The van der Waals surface area contributed by atoms with E-state index in [4.69, 9.17) is 0 Å². The van der Waals surface area contributed by atoms with Gasteiger partial charge in [-0.15, -0.1) is 11.3 Å². The number of aromatic nitrogens is 2. The average Bonchev–Trinajstić information content (AvgIpc) is 2.88. The van der Waals surface area contributed by atoms with Crippen LogP contribution in [0.2, 0.25) is 0 Å². The summed E-state index contributed by atoms with van der Waals surface area (Å²) in [7, 11) is 0. The Morgan fingerprint density at radius 2 is 2.19 bits per heavy atom. The number of rotatable bonds is 3. The minimum atomic E-state index is -0.720. The van der Waals surface area contributed by atoms with Crippen molar-refractivity contribution in [1.82, 2.24) is 9.97 Å². The molecule has 9 heteroatoms. The summed E-state index contributed by atoms with van der Waals surface area (Å²) in [4.78, 5) is 31.0. The van der Waals surface area contributed by atoms with Gasteiger partial charge in [-0.05, 0) is 37.1 Å². The van der Waals surface area contributed by atoms with Crippen LogP contribution >= 0.6 is 11.3 Å². The highest BCUT2D eigenvalue weighted by Crippen LogP contribution is 2.29. The lowest BCUT2D eigenvalue weighted by Crippen LogP contribution is -2.10. The molecule has 8 nitrogen and oxygen atoms in total. The van der Waals surface area contributed by atoms with E-state index in [1.165, 1.54) is 29.5 Å². The topological polar surface area (TPSA) is 133 Å². The molecule has 130 valence electrons. The zero-order valence-electron chi connectivity index (χ0n) is 13.7. The van der Waals surface area contributed by atoms with E-state index in [0.717, 1.165) is 16.5 Å². The van der Waals surface area contributed by atoms with Crippen molar-refractivity contribution >= 4 is 38.9 Å². The lowest BCUT2D eigenvalue weighted by atomic mass is 10.1. The highest BCUT2D eigenvalue weighted by Gasteiger charge is 2.16. The normalized spacial score (nSPS) is 11.5. The molecular weight excluding hydrogens is 356 g/mol. The Balaban J connectivity index is 2.16. The predicted molar refractivity (Wildman–Crippen MR) is 98.0 cm³/mol. The van der Waals surface area contributed by atoms with Crippen LogP contribution in [0.1, 0.15) is 21.8 Å². The summed E-state index contributed by atoms with van der Waals surface area (Å²) in [6.45, 7) is 3.72. The largest absolute Gasteiger partial charge is 0.502 e. The number of aryl methyl sites for hydroxylation is 2. The van der Waals surface area contributed by atoms with Gasteiger partial charge >= 0.3 is 5.69 Å². The standard InChI is InChI=1S/C17H12N4O4S/c1-8-9(2)26-17-14(8)16(23)19-15(20-17)11(7-18)5-10-3-4-13(22)12(6-10)21(24)25/h3-6,22H,1-2H3,(H,19,20,23)/b11-5+. The van der Waals surface area contributed by atoms with Crippen molar-refractivity contribution in [3.8, 4) is 11.8 Å². The van der Waals surface area contributed by atoms with Gasteiger partial charge in [-0.25, -0.2) is 4.98 Å². The molecule has 0 saturated carbocycles. The molecule has 26 heavy (non-hydrogen) atoms. The second-order valence-corrected chi connectivity index (χ2v) is 6.76. The van der Waals surface area contributed by atoms with Gasteiger partial charge in [0, 0.05) is 10.9 Å². The number of nitrogens with one attached hydrogen (secondary N) is 1. The minimum Gasteiger partial charge on any atom is -0.502 e. The first kappa shape index (κ1) is 17.3. The molecule has 0 radical (unpaired) electrons. The molecule has 0 aliphatic carbocycles. The highest BCUT2D eigenvalue weighted by molar-refractivity contribution is 7.18. The van der Waals surface area contributed by atoms with E-state index in [1.54, 1.807) is 0 Å². The first-order chi connectivity index (χ1) is 12.3. The number of thiophene rings is 1. The van der Waals surface area contributed by atoms with Gasteiger partial charge in [0.15, 0.2) is 11.6 Å². The Hall–Kier alpha value is -3.51. The van der Waals surface area contributed by atoms with Crippen LogP contribution in [0, 0.1) is 35.3 Å². The van der Waals surface area contributed by atoms with E-state index >= 15 is 0 Å². The molecule has 0 spiro atoms. The van der Waals surface area contributed by atoms with Crippen molar-refractivity contribution < 1.29 is 10.0 Å². The van der Waals surface area contributed by atoms with Gasteiger partial charge in [-0.3, -0.25) is 14.9 Å². The molecule has 0 aliphatic rings. The summed E-state index contributed by atoms with van der Waals surface area (Å²) in [6.07, 6.45) is 1.36. The third-order valence-electron chi connectivity index (χ3n) is 3.92. The van der Waals surface area contributed by atoms with Crippen LogP contribution in [0.4, 0.5) is 5.69 Å². The Morgan fingerprint density at radius 1 is 1.46 bits per heavy atom. The third-order valence-corrected chi connectivity index (χ3v) is 5.02. The zero-order valence-corrected chi connectivity index (χ0v) is 14.5. The minimum absolute atomic E-state index is 0.0488. The Kier molecular flexibility index (Phi) is 4.28. The van der Waals surface area contributed by atoms with E-state index in [2.05, 4.69) is 9.97 Å². The maximum atomic E-state index is 12.3. The van der Waals surface area contributed by atoms with Gasteiger partial charge in [0.05, 0.1) is 15.9 Å². The van der Waals surface area contributed by atoms with Crippen molar-refractivity contribution in [2.24, 2.45) is 0 Å². The Bertz CT molecular complexity index is 1180. The zero-order chi connectivity index (χ0) is 19.0.